The summed E-state index contributed by atoms with van der Waals surface area (Å²) in [6, 6.07) is 1.46. The van der Waals surface area contributed by atoms with Gasteiger partial charge in [-0.25, -0.2) is 18.4 Å². The molecule has 5 N–H and O–H groups in total. The predicted molar refractivity (Wildman–Crippen MR) is 78.1 cm³/mol. The maximum absolute atomic E-state index is 11.6. The van der Waals surface area contributed by atoms with Crippen molar-refractivity contribution in [1.29, 1.82) is 0 Å². The van der Waals surface area contributed by atoms with Crippen molar-refractivity contribution in [3.63, 3.8) is 0 Å². The first-order valence-electron chi connectivity index (χ1n) is 5.91. The van der Waals surface area contributed by atoms with Gasteiger partial charge in [0.25, 0.3) is 0 Å². The second kappa shape index (κ2) is 7.29. The van der Waals surface area contributed by atoms with Crippen LogP contribution in [0.5, 0.6) is 5.75 Å². The predicted octanol–water partition coefficient (Wildman–Crippen LogP) is 0.378. The number of anilines is 1. The van der Waals surface area contributed by atoms with Gasteiger partial charge < -0.3 is 20.5 Å². The van der Waals surface area contributed by atoms with Crippen molar-refractivity contribution in [3.05, 3.63) is 17.2 Å². The standard InChI is InChI=1S/C11H14ClN3O6S/c1-2-21-8(16)5-14-11(18)15-7-4-3-6(12)10(9(7)17)22(13,19)20/h3-4,17H,2,5H2,1H3,(H2,13,19,20)(H2,14,15,18). The van der Waals surface area contributed by atoms with Crippen LogP contribution in [0, 0.1) is 0 Å². The van der Waals surface area contributed by atoms with Crippen LogP contribution in [-0.4, -0.2) is 38.7 Å². The number of carbonyl (C=O) groups excluding carboxylic acids is 2. The molecule has 1 aromatic carbocycles. The van der Waals surface area contributed by atoms with Gasteiger partial charge in [-0.05, 0) is 19.1 Å². The monoisotopic (exact) mass is 351 g/mol. The van der Waals surface area contributed by atoms with E-state index in [1.165, 1.54) is 6.07 Å². The minimum Gasteiger partial charge on any atom is -0.504 e. The fourth-order valence-electron chi connectivity index (χ4n) is 1.45. The smallest absolute Gasteiger partial charge is 0.325 e. The molecular formula is C11H14ClN3O6S. The molecule has 0 aliphatic rings. The number of nitrogens with one attached hydrogen (secondary N) is 2. The van der Waals surface area contributed by atoms with E-state index in [0.29, 0.717) is 0 Å². The van der Waals surface area contributed by atoms with Crippen LogP contribution >= 0.6 is 11.6 Å². The number of nitrogens with two attached hydrogens (primary N) is 1. The van der Waals surface area contributed by atoms with Crippen molar-refractivity contribution >= 4 is 39.3 Å². The molecule has 0 fully saturated rings. The summed E-state index contributed by atoms with van der Waals surface area (Å²) >= 11 is 5.65. The molecule has 1 aromatic rings. The highest BCUT2D eigenvalue weighted by Crippen LogP contribution is 2.35. The Morgan fingerprint density at radius 3 is 2.59 bits per heavy atom. The minimum atomic E-state index is -4.28. The number of ether oxygens (including phenoxy) is 1. The van der Waals surface area contributed by atoms with Crippen LogP contribution < -0.4 is 15.8 Å². The third-order valence-electron chi connectivity index (χ3n) is 2.31. The van der Waals surface area contributed by atoms with E-state index in [4.69, 9.17) is 16.7 Å². The summed E-state index contributed by atoms with van der Waals surface area (Å²) in [7, 11) is -4.28. The number of sulfonamides is 1. The van der Waals surface area contributed by atoms with E-state index >= 15 is 0 Å². The van der Waals surface area contributed by atoms with Crippen molar-refractivity contribution in [2.75, 3.05) is 18.5 Å². The van der Waals surface area contributed by atoms with Crippen LogP contribution in [0.15, 0.2) is 17.0 Å². The number of aromatic hydroxyl groups is 1. The highest BCUT2D eigenvalue weighted by Gasteiger charge is 2.22. The average molecular weight is 352 g/mol. The number of benzene rings is 1. The van der Waals surface area contributed by atoms with Crippen LogP contribution in [0.1, 0.15) is 6.92 Å². The molecule has 0 radical (unpaired) electrons. The summed E-state index contributed by atoms with van der Waals surface area (Å²) in [5.74, 6) is -1.45. The van der Waals surface area contributed by atoms with Crippen LogP contribution in [0.25, 0.3) is 0 Å². The molecule has 1 rings (SSSR count). The summed E-state index contributed by atoms with van der Waals surface area (Å²) < 4.78 is 27.3. The Kier molecular flexibility index (Phi) is 5.97. The van der Waals surface area contributed by atoms with E-state index in [2.05, 4.69) is 15.4 Å². The molecule has 0 bridgehead atoms. The Balaban J connectivity index is 2.87. The topological polar surface area (TPSA) is 148 Å². The summed E-state index contributed by atoms with van der Waals surface area (Å²) in [6.07, 6.45) is 0. The second-order valence-electron chi connectivity index (χ2n) is 3.93. The van der Waals surface area contributed by atoms with Gasteiger partial charge in [-0.1, -0.05) is 11.6 Å². The van der Waals surface area contributed by atoms with Crippen molar-refractivity contribution in [2.45, 2.75) is 11.8 Å². The Labute approximate surface area is 131 Å². The quantitative estimate of drug-likeness (QED) is 0.445. The van der Waals surface area contributed by atoms with Gasteiger partial charge in [-0.2, -0.15) is 0 Å². The highest BCUT2D eigenvalue weighted by atomic mass is 35.5. The number of amides is 2. The third-order valence-corrected chi connectivity index (χ3v) is 3.72. The van der Waals surface area contributed by atoms with E-state index in [0.717, 1.165) is 6.07 Å². The number of carbonyl (C=O) groups is 2. The number of hydrogen-bond donors (Lipinski definition) is 4. The molecule has 22 heavy (non-hydrogen) atoms. The highest BCUT2D eigenvalue weighted by molar-refractivity contribution is 7.89. The molecule has 0 aliphatic heterocycles. The lowest BCUT2D eigenvalue weighted by Crippen LogP contribution is -2.34. The molecule has 0 saturated heterocycles. The zero-order valence-corrected chi connectivity index (χ0v) is 13.0. The van der Waals surface area contributed by atoms with Crippen molar-refractivity contribution in [2.24, 2.45) is 5.14 Å². The molecule has 0 atom stereocenters. The molecule has 0 heterocycles. The molecule has 9 nitrogen and oxygen atoms in total. The van der Waals surface area contributed by atoms with Crippen molar-refractivity contribution < 1.29 is 27.9 Å². The van der Waals surface area contributed by atoms with Crippen LogP contribution in [-0.2, 0) is 19.6 Å². The summed E-state index contributed by atoms with van der Waals surface area (Å²) in [6.45, 7) is 1.38. The molecule has 0 aliphatic carbocycles. The first-order valence-corrected chi connectivity index (χ1v) is 7.84. The number of esters is 1. The van der Waals surface area contributed by atoms with Gasteiger partial charge in [0.1, 0.15) is 11.4 Å². The van der Waals surface area contributed by atoms with E-state index < -0.39 is 39.2 Å². The SMILES string of the molecule is CCOC(=O)CNC(=O)Nc1ccc(Cl)c(S(N)(=O)=O)c1O. The van der Waals surface area contributed by atoms with E-state index in [1.54, 1.807) is 6.92 Å². The first kappa shape index (κ1) is 18.0. The van der Waals surface area contributed by atoms with Gasteiger partial charge in [0.2, 0.25) is 10.0 Å². The zero-order chi connectivity index (χ0) is 16.9. The van der Waals surface area contributed by atoms with Gasteiger partial charge in [0.15, 0.2) is 5.75 Å². The number of rotatable bonds is 5. The maximum Gasteiger partial charge on any atom is 0.325 e. The Hall–Kier alpha value is -2.04. The number of phenols is 1. The van der Waals surface area contributed by atoms with Gasteiger partial charge in [-0.3, -0.25) is 4.79 Å². The van der Waals surface area contributed by atoms with Crippen molar-refractivity contribution in [1.82, 2.24) is 5.32 Å². The largest absolute Gasteiger partial charge is 0.504 e. The Morgan fingerprint density at radius 2 is 2.05 bits per heavy atom. The van der Waals surface area contributed by atoms with E-state index in [1.807, 2.05) is 0 Å². The van der Waals surface area contributed by atoms with Gasteiger partial charge in [0, 0.05) is 0 Å². The second-order valence-corrected chi connectivity index (χ2v) is 5.84. The molecule has 2 amide bonds. The van der Waals surface area contributed by atoms with Crippen LogP contribution in [0.3, 0.4) is 0 Å². The van der Waals surface area contributed by atoms with Gasteiger partial charge in [-0.15, -0.1) is 0 Å². The summed E-state index contributed by atoms with van der Waals surface area (Å²) in [5, 5.41) is 18.8. The fraction of sp³-hybridized carbons (Fsp3) is 0.273. The number of urea groups is 1. The normalized spacial score (nSPS) is 10.9. The number of primary sulfonamides is 1. The summed E-state index contributed by atoms with van der Waals surface area (Å²) in [4.78, 5) is 21.9. The van der Waals surface area contributed by atoms with Crippen LogP contribution in [0.2, 0.25) is 5.02 Å². The third kappa shape index (κ3) is 4.76. The maximum atomic E-state index is 11.6. The fourth-order valence-corrected chi connectivity index (χ4v) is 2.64. The molecule has 11 heteroatoms. The average Bonchev–Trinajstić information content (AvgIpc) is 2.39. The minimum absolute atomic E-state index is 0.165. The van der Waals surface area contributed by atoms with Gasteiger partial charge >= 0.3 is 12.0 Å². The molecule has 122 valence electrons. The lowest BCUT2D eigenvalue weighted by Gasteiger charge is -2.12. The van der Waals surface area contributed by atoms with E-state index in [9.17, 15) is 23.1 Å². The first-order chi connectivity index (χ1) is 10.2. The molecule has 0 spiro atoms. The number of halogens is 1. The molecule has 0 saturated carbocycles. The Morgan fingerprint density at radius 1 is 1.41 bits per heavy atom. The lowest BCUT2D eigenvalue weighted by atomic mass is 10.3. The van der Waals surface area contributed by atoms with E-state index in [-0.39, 0.29) is 17.3 Å². The molecule has 0 aromatic heterocycles. The van der Waals surface area contributed by atoms with Gasteiger partial charge in [0.05, 0.1) is 17.3 Å². The lowest BCUT2D eigenvalue weighted by molar-refractivity contribution is -0.141. The summed E-state index contributed by atoms with van der Waals surface area (Å²) in [5.41, 5.74) is -0.241. The van der Waals surface area contributed by atoms with Crippen LogP contribution in [0.4, 0.5) is 10.5 Å². The molecule has 0 unspecified atom stereocenters. The van der Waals surface area contributed by atoms with Crippen molar-refractivity contribution in [3.8, 4) is 5.75 Å². The Bertz CT molecular complexity index is 691. The zero-order valence-electron chi connectivity index (χ0n) is 11.4. The number of phenolic OH excluding ortho intramolecular Hbond substituents is 1. The number of hydrogen-bond acceptors (Lipinski definition) is 6. The molecular weight excluding hydrogens is 338 g/mol.